The van der Waals surface area contributed by atoms with E-state index in [1.165, 1.54) is 11.3 Å². The smallest absolute Gasteiger partial charge is 0.266 e. The molecular weight excluding hydrogens is 459 g/mol. The summed E-state index contributed by atoms with van der Waals surface area (Å²) in [6.07, 6.45) is 0.769. The van der Waals surface area contributed by atoms with Crippen molar-refractivity contribution in [3.05, 3.63) is 68.5 Å². The average Bonchev–Trinajstić information content (AvgIpc) is 2.95. The fourth-order valence-electron chi connectivity index (χ4n) is 3.05. The minimum Gasteiger partial charge on any atom is -0.490 e. The molecule has 0 aliphatic carbocycles. The summed E-state index contributed by atoms with van der Waals surface area (Å²) in [4.78, 5) is 25.8. The quantitative estimate of drug-likeness (QED) is 0.481. The number of hydrogen-bond acceptors (Lipinski definition) is 5. The molecule has 0 atom stereocenters. The molecule has 6 nitrogen and oxygen atoms in total. The third kappa shape index (κ3) is 4.79. The molecule has 1 aliphatic heterocycles. The molecule has 2 aromatic carbocycles. The third-order valence-electron chi connectivity index (χ3n) is 4.56. The number of rotatable bonds is 4. The number of aryl methyl sites for hydroxylation is 1. The molecule has 2 heterocycles. The van der Waals surface area contributed by atoms with E-state index in [9.17, 15) is 9.59 Å². The van der Waals surface area contributed by atoms with Gasteiger partial charge in [0.05, 0.1) is 44.4 Å². The van der Waals surface area contributed by atoms with Crippen LogP contribution < -0.4 is 20.1 Å². The van der Waals surface area contributed by atoms with E-state index >= 15 is 0 Å². The minimum absolute atomic E-state index is 0.336. The van der Waals surface area contributed by atoms with Gasteiger partial charge in [0.2, 0.25) is 0 Å². The van der Waals surface area contributed by atoms with Gasteiger partial charge in [0.1, 0.15) is 0 Å². The molecule has 1 aliphatic rings. The molecule has 160 valence electrons. The van der Waals surface area contributed by atoms with Gasteiger partial charge < -0.3 is 20.1 Å². The first-order valence-electron chi connectivity index (χ1n) is 9.49. The van der Waals surface area contributed by atoms with Crippen LogP contribution in [0.1, 0.15) is 32.0 Å². The molecule has 0 radical (unpaired) electrons. The van der Waals surface area contributed by atoms with Crippen LogP contribution >= 0.6 is 34.5 Å². The summed E-state index contributed by atoms with van der Waals surface area (Å²) >= 11 is 13.6. The van der Waals surface area contributed by atoms with E-state index in [0.717, 1.165) is 12.0 Å². The Hall–Kier alpha value is -2.74. The number of hydrogen-bond donors (Lipinski definition) is 2. The fourth-order valence-corrected chi connectivity index (χ4v) is 4.44. The zero-order valence-corrected chi connectivity index (χ0v) is 18.8. The van der Waals surface area contributed by atoms with E-state index in [1.54, 1.807) is 49.4 Å². The van der Waals surface area contributed by atoms with Crippen LogP contribution in [-0.2, 0) is 0 Å². The molecule has 2 N–H and O–H groups in total. The number of thiophene rings is 1. The van der Waals surface area contributed by atoms with Gasteiger partial charge in [-0.2, -0.15) is 0 Å². The number of anilines is 2. The highest BCUT2D eigenvalue weighted by atomic mass is 35.5. The van der Waals surface area contributed by atoms with E-state index in [4.69, 9.17) is 32.7 Å². The van der Waals surface area contributed by atoms with Crippen molar-refractivity contribution < 1.29 is 19.1 Å². The molecule has 0 saturated carbocycles. The Balaban J connectivity index is 1.51. The average molecular weight is 477 g/mol. The number of benzene rings is 2. The van der Waals surface area contributed by atoms with E-state index < -0.39 is 0 Å². The highest BCUT2D eigenvalue weighted by Crippen LogP contribution is 2.38. The Morgan fingerprint density at radius 1 is 0.935 bits per heavy atom. The summed E-state index contributed by atoms with van der Waals surface area (Å²) < 4.78 is 11.3. The Morgan fingerprint density at radius 2 is 1.65 bits per heavy atom. The highest BCUT2D eigenvalue weighted by Gasteiger charge is 2.20. The van der Waals surface area contributed by atoms with Gasteiger partial charge in [0.25, 0.3) is 11.8 Å². The first kappa shape index (κ1) is 21.5. The van der Waals surface area contributed by atoms with Crippen LogP contribution in [0.15, 0.2) is 42.5 Å². The second-order valence-corrected chi connectivity index (χ2v) is 8.71. The van der Waals surface area contributed by atoms with Gasteiger partial charge in [-0.3, -0.25) is 9.59 Å². The van der Waals surface area contributed by atoms with Crippen molar-refractivity contribution >= 4 is 57.0 Å². The zero-order valence-electron chi connectivity index (χ0n) is 16.5. The summed E-state index contributed by atoms with van der Waals surface area (Å²) in [5.74, 6) is 0.409. The van der Waals surface area contributed by atoms with Crippen molar-refractivity contribution in [2.24, 2.45) is 0 Å². The van der Waals surface area contributed by atoms with Crippen molar-refractivity contribution in [3.63, 3.8) is 0 Å². The van der Waals surface area contributed by atoms with Gasteiger partial charge in [-0.05, 0) is 30.7 Å². The first-order chi connectivity index (χ1) is 14.9. The number of fused-ring (bicyclic) bond motifs is 1. The van der Waals surface area contributed by atoms with Crippen LogP contribution in [0.5, 0.6) is 11.5 Å². The molecule has 9 heteroatoms. The number of nitrogens with one attached hydrogen (secondary N) is 2. The number of carbonyl (C=O) groups is 2. The highest BCUT2D eigenvalue weighted by molar-refractivity contribution is 7.18. The molecule has 2 amide bonds. The topological polar surface area (TPSA) is 76.7 Å². The van der Waals surface area contributed by atoms with Crippen LogP contribution in [0.4, 0.5) is 10.7 Å². The van der Waals surface area contributed by atoms with Gasteiger partial charge in [-0.1, -0.05) is 35.3 Å². The van der Waals surface area contributed by atoms with Crippen molar-refractivity contribution in [3.8, 4) is 11.5 Å². The molecule has 3 aromatic rings. The molecule has 1 aromatic heterocycles. The molecule has 0 unspecified atom stereocenters. The zero-order chi connectivity index (χ0) is 22.0. The molecule has 0 saturated heterocycles. The van der Waals surface area contributed by atoms with Crippen molar-refractivity contribution in [1.82, 2.24) is 0 Å². The normalized spacial score (nSPS) is 12.7. The van der Waals surface area contributed by atoms with E-state index in [1.807, 2.05) is 0 Å². The lowest BCUT2D eigenvalue weighted by Gasteiger charge is -2.12. The summed E-state index contributed by atoms with van der Waals surface area (Å²) in [5.41, 5.74) is 1.51. The Labute approximate surface area is 193 Å². The molecule has 31 heavy (non-hydrogen) atoms. The number of ether oxygens (including phenoxy) is 2. The van der Waals surface area contributed by atoms with Crippen LogP contribution in [0.3, 0.4) is 0 Å². The minimum atomic E-state index is -0.343. The number of halogens is 2. The van der Waals surface area contributed by atoms with Crippen LogP contribution in [0, 0.1) is 6.92 Å². The summed E-state index contributed by atoms with van der Waals surface area (Å²) in [6, 6.07) is 11.8. The maximum Gasteiger partial charge on any atom is 0.266 e. The van der Waals surface area contributed by atoms with Gasteiger partial charge in [-0.25, -0.2) is 0 Å². The standard InChI is InChI=1S/C22H18Cl2N2O4S/c1-12-9-19(26-21(27)13-5-2-3-6-14(13)23)31-20(12)22(28)25-16-11-18-17(10-15(16)24)29-7-4-8-30-18/h2-3,5-6,9-11H,4,7-8H2,1H3,(H,25,28)(H,26,27). The summed E-state index contributed by atoms with van der Waals surface area (Å²) in [7, 11) is 0. The second-order valence-electron chi connectivity index (χ2n) is 6.84. The molecule has 4 rings (SSSR count). The summed E-state index contributed by atoms with van der Waals surface area (Å²) in [6.45, 7) is 2.87. The van der Waals surface area contributed by atoms with Gasteiger partial charge in [0, 0.05) is 18.6 Å². The lowest BCUT2D eigenvalue weighted by molar-refractivity contribution is 0.102. The molecule has 0 spiro atoms. The maximum atomic E-state index is 12.9. The van der Waals surface area contributed by atoms with Crippen molar-refractivity contribution in [2.75, 3.05) is 23.8 Å². The van der Waals surface area contributed by atoms with E-state index in [-0.39, 0.29) is 11.8 Å². The Kier molecular flexibility index (Phi) is 6.36. The van der Waals surface area contributed by atoms with Crippen molar-refractivity contribution in [2.45, 2.75) is 13.3 Å². The molecule has 0 bridgehead atoms. The van der Waals surface area contributed by atoms with Gasteiger partial charge in [-0.15, -0.1) is 11.3 Å². The Morgan fingerprint density at radius 3 is 2.39 bits per heavy atom. The lowest BCUT2D eigenvalue weighted by atomic mass is 10.2. The van der Waals surface area contributed by atoms with Gasteiger partial charge >= 0.3 is 0 Å². The molecule has 0 fully saturated rings. The van der Waals surface area contributed by atoms with Crippen LogP contribution in [0.2, 0.25) is 10.0 Å². The SMILES string of the molecule is Cc1cc(NC(=O)c2ccccc2Cl)sc1C(=O)Nc1cc2c(cc1Cl)OCCCO2. The predicted molar refractivity (Wildman–Crippen MR) is 123 cm³/mol. The maximum absolute atomic E-state index is 12.9. The fraction of sp³-hybridized carbons (Fsp3) is 0.182. The van der Waals surface area contributed by atoms with E-state index in [0.29, 0.717) is 55.9 Å². The van der Waals surface area contributed by atoms with Crippen LogP contribution in [-0.4, -0.2) is 25.0 Å². The molecular formula is C22H18Cl2N2O4S. The summed E-state index contributed by atoms with van der Waals surface area (Å²) in [5, 5.41) is 6.85. The van der Waals surface area contributed by atoms with Crippen LogP contribution in [0.25, 0.3) is 0 Å². The number of amides is 2. The second kappa shape index (κ2) is 9.18. The van der Waals surface area contributed by atoms with E-state index in [2.05, 4.69) is 10.6 Å². The van der Waals surface area contributed by atoms with Gasteiger partial charge in [0.15, 0.2) is 11.5 Å². The Bertz CT molecular complexity index is 1160. The lowest BCUT2D eigenvalue weighted by Crippen LogP contribution is -2.12. The monoisotopic (exact) mass is 476 g/mol. The number of carbonyl (C=O) groups excluding carboxylic acids is 2. The predicted octanol–water partition coefficient (Wildman–Crippen LogP) is 6.03. The largest absolute Gasteiger partial charge is 0.490 e. The van der Waals surface area contributed by atoms with Crippen molar-refractivity contribution in [1.29, 1.82) is 0 Å². The first-order valence-corrected chi connectivity index (χ1v) is 11.1. The third-order valence-corrected chi connectivity index (χ3v) is 6.36.